The Hall–Kier alpha value is -0.980. The summed E-state index contributed by atoms with van der Waals surface area (Å²) in [4.78, 5) is 2.19. The topological polar surface area (TPSA) is 3.24 Å². The maximum atomic E-state index is 3.49. The van der Waals surface area contributed by atoms with Gasteiger partial charge in [-0.2, -0.15) is 0 Å². The summed E-state index contributed by atoms with van der Waals surface area (Å²) in [6, 6.07) is 9.79. The van der Waals surface area contributed by atoms with Crippen molar-refractivity contribution in [3.8, 4) is 0 Å². The average Bonchev–Trinajstić information content (AvgIpc) is 2.13. The molecule has 0 aromatic heterocycles. The van der Waals surface area contributed by atoms with Gasteiger partial charge in [0.1, 0.15) is 0 Å². The van der Waals surface area contributed by atoms with Gasteiger partial charge in [-0.15, -0.1) is 0 Å². The van der Waals surface area contributed by atoms with Gasteiger partial charge in [0, 0.05) is 19.8 Å². The first-order valence-corrected chi connectivity index (χ1v) is 6.73. The van der Waals surface area contributed by atoms with Crippen LogP contribution in [0.1, 0.15) is 53.0 Å². The van der Waals surface area contributed by atoms with E-state index in [9.17, 15) is 0 Å². The van der Waals surface area contributed by atoms with Crippen LogP contribution in [-0.4, -0.2) is 14.1 Å². The van der Waals surface area contributed by atoms with Gasteiger partial charge < -0.3 is 4.90 Å². The van der Waals surface area contributed by atoms with E-state index in [-0.39, 0.29) is 10.8 Å². The van der Waals surface area contributed by atoms with E-state index in [0.717, 1.165) is 0 Å². The minimum Gasteiger partial charge on any atom is -0.377 e. The van der Waals surface area contributed by atoms with Gasteiger partial charge in [0.15, 0.2) is 0 Å². The molecule has 0 saturated heterocycles. The Morgan fingerprint density at radius 2 is 1.50 bits per heavy atom. The molecule has 1 aromatic carbocycles. The van der Waals surface area contributed by atoms with E-state index in [1.165, 1.54) is 11.3 Å². The van der Waals surface area contributed by atoms with E-state index < -0.39 is 0 Å². The van der Waals surface area contributed by atoms with Gasteiger partial charge in [-0.3, -0.25) is 0 Å². The highest BCUT2D eigenvalue weighted by Crippen LogP contribution is 2.49. The Labute approximate surface area is 113 Å². The molecular weight excluding hydrogens is 218 g/mol. The predicted octanol–water partition coefficient (Wildman–Crippen LogP) is 4.73. The summed E-state index contributed by atoms with van der Waals surface area (Å²) in [6.45, 7) is 13.9. The van der Waals surface area contributed by atoms with Crippen molar-refractivity contribution >= 4 is 5.69 Å². The highest BCUT2D eigenvalue weighted by atomic mass is 15.1. The lowest BCUT2D eigenvalue weighted by Gasteiger charge is -2.42. The van der Waals surface area contributed by atoms with E-state index in [0.29, 0.717) is 5.92 Å². The van der Waals surface area contributed by atoms with Crippen molar-refractivity contribution in [2.75, 3.05) is 19.0 Å². The maximum absolute atomic E-state index is 3.49. The summed E-state index contributed by atoms with van der Waals surface area (Å²) < 4.78 is 0. The zero-order valence-electron chi connectivity index (χ0n) is 13.3. The molecule has 0 spiro atoms. The molecular formula is C17H28N. The molecule has 0 aliphatic heterocycles. The first-order valence-electron chi connectivity index (χ1n) is 6.73. The molecule has 1 radical (unpaired) electrons. The van der Waals surface area contributed by atoms with E-state index in [4.69, 9.17) is 0 Å². The lowest BCUT2D eigenvalue weighted by molar-refractivity contribution is 0.176. The van der Waals surface area contributed by atoms with Crippen LogP contribution in [0.5, 0.6) is 0 Å². The molecule has 0 amide bonds. The first kappa shape index (κ1) is 15.1. The van der Waals surface area contributed by atoms with Gasteiger partial charge in [0.05, 0.1) is 0 Å². The second-order valence-corrected chi connectivity index (χ2v) is 7.53. The number of hydrogen-bond acceptors (Lipinski definition) is 1. The normalized spacial score (nSPS) is 12.9. The first-order chi connectivity index (χ1) is 8.05. The van der Waals surface area contributed by atoms with Crippen molar-refractivity contribution in [3.63, 3.8) is 0 Å². The molecule has 0 bridgehead atoms. The lowest BCUT2D eigenvalue weighted by Crippen LogP contribution is -2.31. The van der Waals surface area contributed by atoms with Crippen LogP contribution < -0.4 is 4.90 Å². The average molecular weight is 246 g/mol. The molecule has 101 valence electrons. The number of nitrogens with zero attached hydrogens (tertiary/aromatic N) is 1. The third-order valence-electron chi connectivity index (χ3n) is 3.37. The maximum Gasteiger partial charge on any atom is 0.0403 e. The molecule has 18 heavy (non-hydrogen) atoms. The van der Waals surface area contributed by atoms with Crippen LogP contribution in [0.4, 0.5) is 5.69 Å². The van der Waals surface area contributed by atoms with Crippen molar-refractivity contribution in [2.24, 2.45) is 10.8 Å². The van der Waals surface area contributed by atoms with E-state index in [2.05, 4.69) is 78.7 Å². The summed E-state index contributed by atoms with van der Waals surface area (Å²) in [5.41, 5.74) is 3.07. The van der Waals surface area contributed by atoms with Crippen LogP contribution >= 0.6 is 0 Å². The van der Waals surface area contributed by atoms with Gasteiger partial charge in [-0.25, -0.2) is 0 Å². The summed E-state index contributed by atoms with van der Waals surface area (Å²) in [5, 5.41) is 0. The summed E-state index contributed by atoms with van der Waals surface area (Å²) in [7, 11) is 4.21. The largest absolute Gasteiger partial charge is 0.377 e. The molecule has 0 fully saturated rings. The van der Waals surface area contributed by atoms with Crippen LogP contribution in [0.2, 0.25) is 0 Å². The van der Waals surface area contributed by atoms with Crippen molar-refractivity contribution in [2.45, 2.75) is 47.5 Å². The third-order valence-corrected chi connectivity index (χ3v) is 3.37. The van der Waals surface area contributed by atoms with Crippen molar-refractivity contribution in [1.82, 2.24) is 0 Å². The molecule has 0 N–H and O–H groups in total. The molecule has 0 aliphatic carbocycles. The second kappa shape index (κ2) is 4.95. The van der Waals surface area contributed by atoms with Gasteiger partial charge in [-0.05, 0) is 34.4 Å². The van der Waals surface area contributed by atoms with Crippen LogP contribution in [0, 0.1) is 16.9 Å². The Morgan fingerprint density at radius 1 is 1.00 bits per heavy atom. The van der Waals surface area contributed by atoms with Crippen molar-refractivity contribution in [1.29, 1.82) is 0 Å². The van der Waals surface area contributed by atoms with Gasteiger partial charge in [0.2, 0.25) is 0 Å². The third kappa shape index (κ3) is 3.28. The quantitative estimate of drug-likeness (QED) is 0.729. The van der Waals surface area contributed by atoms with E-state index in [1.807, 2.05) is 6.07 Å². The van der Waals surface area contributed by atoms with Crippen LogP contribution in [-0.2, 0) is 0 Å². The number of hydrogen-bond donors (Lipinski definition) is 0. The number of benzene rings is 1. The van der Waals surface area contributed by atoms with Gasteiger partial charge in [-0.1, -0.05) is 53.7 Å². The molecule has 0 atom stereocenters. The summed E-state index contributed by atoms with van der Waals surface area (Å²) in [5.74, 6) is 0.476. The Morgan fingerprint density at radius 3 is 1.89 bits per heavy atom. The molecule has 0 aliphatic rings. The zero-order valence-corrected chi connectivity index (χ0v) is 13.3. The second-order valence-electron chi connectivity index (χ2n) is 7.53. The monoisotopic (exact) mass is 246 g/mol. The van der Waals surface area contributed by atoms with Crippen LogP contribution in [0.15, 0.2) is 18.2 Å². The highest BCUT2D eigenvalue weighted by molar-refractivity contribution is 5.54. The molecule has 0 saturated carbocycles. The predicted molar refractivity (Wildman–Crippen MR) is 81.3 cm³/mol. The molecule has 0 heterocycles. The van der Waals surface area contributed by atoms with E-state index in [1.54, 1.807) is 0 Å². The van der Waals surface area contributed by atoms with Gasteiger partial charge >= 0.3 is 0 Å². The van der Waals surface area contributed by atoms with Gasteiger partial charge in [0.25, 0.3) is 0 Å². The van der Waals surface area contributed by atoms with Crippen molar-refractivity contribution < 1.29 is 0 Å². The van der Waals surface area contributed by atoms with E-state index >= 15 is 0 Å². The molecule has 0 unspecified atom stereocenters. The minimum atomic E-state index is 0.223. The van der Waals surface area contributed by atoms with Crippen LogP contribution in [0.3, 0.4) is 0 Å². The highest BCUT2D eigenvalue weighted by Gasteiger charge is 2.37. The zero-order chi connectivity index (χ0) is 14.1. The number of anilines is 1. The minimum absolute atomic E-state index is 0.223. The fraction of sp³-hybridized carbons (Fsp3) is 0.647. The lowest BCUT2D eigenvalue weighted by atomic mass is 9.63. The molecule has 1 nitrogen and oxygen atoms in total. The molecule has 1 rings (SSSR count). The molecule has 1 heteroatoms. The van der Waals surface area contributed by atoms with Crippen LogP contribution in [0.25, 0.3) is 0 Å². The Balaban J connectivity index is 3.40. The fourth-order valence-electron chi connectivity index (χ4n) is 3.23. The Kier molecular flexibility index (Phi) is 4.15. The number of rotatable bonds is 2. The SMILES string of the molecule is CN(C)c1ccc[c]c1C(C(C)(C)C)C(C)(C)C. The smallest absolute Gasteiger partial charge is 0.0403 e. The summed E-state index contributed by atoms with van der Waals surface area (Å²) >= 11 is 0. The standard InChI is InChI=1S/C17H28N/c1-16(2,3)15(17(4,5)6)13-11-9-10-12-14(13)18(7)8/h9-10,12,15H,1-8H3. The summed E-state index contributed by atoms with van der Waals surface area (Å²) in [6.07, 6.45) is 0. The van der Waals surface area contributed by atoms with Crippen molar-refractivity contribution in [3.05, 3.63) is 29.8 Å². The fourth-order valence-corrected chi connectivity index (χ4v) is 3.23. The molecule has 1 aromatic rings. The Bertz CT molecular complexity index is 377.